The monoisotopic (exact) mass is 299 g/mol. The van der Waals surface area contributed by atoms with Gasteiger partial charge in [-0.05, 0) is 52.9 Å². The molecule has 0 saturated carbocycles. The van der Waals surface area contributed by atoms with Gasteiger partial charge in [0.25, 0.3) is 0 Å². The van der Waals surface area contributed by atoms with Gasteiger partial charge in [-0.2, -0.15) is 0 Å². The van der Waals surface area contributed by atoms with Gasteiger partial charge in [-0.1, -0.05) is 19.9 Å². The highest BCUT2D eigenvalue weighted by molar-refractivity contribution is 9.10. The lowest BCUT2D eigenvalue weighted by Gasteiger charge is -2.16. The van der Waals surface area contributed by atoms with E-state index in [1.165, 1.54) is 12.0 Å². The molecule has 3 heteroatoms. The number of methoxy groups -OCH3 is 1. The van der Waals surface area contributed by atoms with Gasteiger partial charge in [0.1, 0.15) is 5.75 Å². The number of ether oxygens (including phenoxy) is 1. The van der Waals surface area contributed by atoms with Crippen LogP contribution in [0, 0.1) is 5.92 Å². The smallest absolute Gasteiger partial charge is 0.133 e. The first kappa shape index (κ1) is 14.5. The van der Waals surface area contributed by atoms with Crippen LogP contribution in [0.4, 0.5) is 0 Å². The average molecular weight is 300 g/mol. The second-order valence-corrected chi connectivity index (χ2v) is 5.73. The quantitative estimate of drug-likeness (QED) is 0.858. The Labute approximate surface area is 113 Å². The molecular weight excluding hydrogens is 278 g/mol. The zero-order valence-corrected chi connectivity index (χ0v) is 12.7. The van der Waals surface area contributed by atoms with Crippen molar-refractivity contribution < 1.29 is 4.74 Å². The summed E-state index contributed by atoms with van der Waals surface area (Å²) in [5.74, 6) is 1.61. The minimum absolute atomic E-state index is 0.552. The van der Waals surface area contributed by atoms with Crippen molar-refractivity contribution in [3.05, 3.63) is 28.2 Å². The summed E-state index contributed by atoms with van der Waals surface area (Å²) in [4.78, 5) is 0. The fourth-order valence-corrected chi connectivity index (χ4v) is 2.49. The summed E-state index contributed by atoms with van der Waals surface area (Å²) in [7, 11) is 1.68. The second kappa shape index (κ2) is 7.02. The molecular formula is C14H22BrNO. The molecule has 2 nitrogen and oxygen atoms in total. The number of nitrogens with one attached hydrogen (secondary N) is 1. The molecule has 1 aromatic rings. The van der Waals surface area contributed by atoms with Crippen LogP contribution in [0.25, 0.3) is 0 Å². The summed E-state index contributed by atoms with van der Waals surface area (Å²) in [6, 6.07) is 6.75. The minimum Gasteiger partial charge on any atom is -0.496 e. The van der Waals surface area contributed by atoms with Crippen LogP contribution in [-0.4, -0.2) is 13.2 Å². The lowest BCUT2D eigenvalue weighted by atomic mass is 10.1. The van der Waals surface area contributed by atoms with E-state index < -0.39 is 0 Å². The van der Waals surface area contributed by atoms with Crippen molar-refractivity contribution in [1.82, 2.24) is 5.32 Å². The Morgan fingerprint density at radius 1 is 1.29 bits per heavy atom. The maximum Gasteiger partial charge on any atom is 0.133 e. The van der Waals surface area contributed by atoms with Gasteiger partial charge in [0.15, 0.2) is 0 Å². The van der Waals surface area contributed by atoms with Crippen LogP contribution in [0.1, 0.15) is 32.8 Å². The summed E-state index contributed by atoms with van der Waals surface area (Å²) >= 11 is 3.50. The van der Waals surface area contributed by atoms with Gasteiger partial charge in [-0.15, -0.1) is 0 Å². The molecule has 0 amide bonds. The zero-order valence-electron chi connectivity index (χ0n) is 11.1. The average Bonchev–Trinajstić information content (AvgIpc) is 2.25. The first-order valence-corrected chi connectivity index (χ1v) is 6.88. The van der Waals surface area contributed by atoms with Gasteiger partial charge in [-0.25, -0.2) is 0 Å². The SMILES string of the molecule is COc1ccc(CNC(C)CC(C)C)cc1Br. The summed E-state index contributed by atoms with van der Waals surface area (Å²) in [6.45, 7) is 7.64. The van der Waals surface area contributed by atoms with E-state index in [-0.39, 0.29) is 0 Å². The molecule has 1 unspecified atom stereocenters. The number of rotatable bonds is 6. The van der Waals surface area contributed by atoms with E-state index in [1.807, 2.05) is 6.07 Å². The first-order chi connectivity index (χ1) is 8.02. The highest BCUT2D eigenvalue weighted by Crippen LogP contribution is 2.25. The normalized spacial score (nSPS) is 12.8. The molecule has 96 valence electrons. The molecule has 0 fully saturated rings. The van der Waals surface area contributed by atoms with Crippen molar-refractivity contribution >= 4 is 15.9 Å². The molecule has 0 heterocycles. The Morgan fingerprint density at radius 3 is 2.53 bits per heavy atom. The molecule has 1 aromatic carbocycles. The second-order valence-electron chi connectivity index (χ2n) is 4.88. The topological polar surface area (TPSA) is 21.3 Å². The van der Waals surface area contributed by atoms with E-state index in [0.29, 0.717) is 6.04 Å². The molecule has 17 heavy (non-hydrogen) atoms. The van der Waals surface area contributed by atoms with Gasteiger partial charge in [0.05, 0.1) is 11.6 Å². The molecule has 0 aliphatic carbocycles. The van der Waals surface area contributed by atoms with Gasteiger partial charge >= 0.3 is 0 Å². The lowest BCUT2D eigenvalue weighted by Crippen LogP contribution is -2.26. The van der Waals surface area contributed by atoms with Crippen molar-refractivity contribution in [1.29, 1.82) is 0 Å². The molecule has 1 N–H and O–H groups in total. The summed E-state index contributed by atoms with van der Waals surface area (Å²) in [5.41, 5.74) is 1.27. The van der Waals surface area contributed by atoms with Crippen LogP contribution in [0.2, 0.25) is 0 Å². The standard InChI is InChI=1S/C14H22BrNO/c1-10(2)7-11(3)16-9-12-5-6-14(17-4)13(15)8-12/h5-6,8,10-11,16H,7,9H2,1-4H3. The summed E-state index contributed by atoms with van der Waals surface area (Å²) in [6.07, 6.45) is 1.21. The lowest BCUT2D eigenvalue weighted by molar-refractivity contribution is 0.411. The van der Waals surface area contributed by atoms with E-state index in [0.717, 1.165) is 22.7 Å². The fourth-order valence-electron chi connectivity index (χ4n) is 1.90. The van der Waals surface area contributed by atoms with Crippen LogP contribution in [0.3, 0.4) is 0 Å². The third kappa shape index (κ3) is 5.09. The summed E-state index contributed by atoms with van der Waals surface area (Å²) < 4.78 is 6.22. The first-order valence-electron chi connectivity index (χ1n) is 6.08. The van der Waals surface area contributed by atoms with E-state index in [4.69, 9.17) is 4.74 Å². The molecule has 0 bridgehead atoms. The van der Waals surface area contributed by atoms with Gasteiger partial charge in [-0.3, -0.25) is 0 Å². The largest absolute Gasteiger partial charge is 0.496 e. The van der Waals surface area contributed by atoms with Crippen molar-refractivity contribution in [2.75, 3.05) is 7.11 Å². The van der Waals surface area contributed by atoms with Gasteiger partial charge in [0, 0.05) is 12.6 Å². The maximum absolute atomic E-state index is 5.21. The highest BCUT2D eigenvalue weighted by atomic mass is 79.9. The van der Waals surface area contributed by atoms with Crippen LogP contribution < -0.4 is 10.1 Å². The fraction of sp³-hybridized carbons (Fsp3) is 0.571. The molecule has 0 aromatic heterocycles. The van der Waals surface area contributed by atoms with E-state index in [9.17, 15) is 0 Å². The Hall–Kier alpha value is -0.540. The van der Waals surface area contributed by atoms with Crippen molar-refractivity contribution in [2.24, 2.45) is 5.92 Å². The Balaban J connectivity index is 2.49. The number of benzene rings is 1. The minimum atomic E-state index is 0.552. The number of hydrogen-bond acceptors (Lipinski definition) is 2. The van der Waals surface area contributed by atoms with Crippen LogP contribution in [0.15, 0.2) is 22.7 Å². The van der Waals surface area contributed by atoms with Crippen LogP contribution >= 0.6 is 15.9 Å². The molecule has 0 aliphatic rings. The van der Waals surface area contributed by atoms with Crippen molar-refractivity contribution in [3.8, 4) is 5.75 Å². The zero-order chi connectivity index (χ0) is 12.8. The molecule has 0 spiro atoms. The van der Waals surface area contributed by atoms with Crippen molar-refractivity contribution in [2.45, 2.75) is 39.8 Å². The Bertz CT molecular complexity index is 352. The highest BCUT2D eigenvalue weighted by Gasteiger charge is 2.05. The molecule has 1 atom stereocenters. The van der Waals surface area contributed by atoms with Crippen molar-refractivity contribution in [3.63, 3.8) is 0 Å². The van der Waals surface area contributed by atoms with E-state index in [2.05, 4.69) is 54.2 Å². The summed E-state index contributed by atoms with van der Waals surface area (Å²) in [5, 5.41) is 3.53. The van der Waals surface area contributed by atoms with Crippen LogP contribution in [0.5, 0.6) is 5.75 Å². The van der Waals surface area contributed by atoms with Crippen LogP contribution in [-0.2, 0) is 6.54 Å². The maximum atomic E-state index is 5.21. The predicted octanol–water partition coefficient (Wildman–Crippen LogP) is 3.98. The van der Waals surface area contributed by atoms with Gasteiger partial charge < -0.3 is 10.1 Å². The number of halogens is 1. The van der Waals surface area contributed by atoms with E-state index in [1.54, 1.807) is 7.11 Å². The third-order valence-corrected chi connectivity index (χ3v) is 3.32. The predicted molar refractivity (Wildman–Crippen MR) is 76.5 cm³/mol. The molecule has 0 saturated heterocycles. The molecule has 0 aliphatic heterocycles. The molecule has 0 radical (unpaired) electrons. The number of hydrogen-bond donors (Lipinski definition) is 1. The Morgan fingerprint density at radius 2 is 2.00 bits per heavy atom. The Kier molecular flexibility index (Phi) is 6.00. The van der Waals surface area contributed by atoms with E-state index >= 15 is 0 Å². The van der Waals surface area contributed by atoms with Gasteiger partial charge in [0.2, 0.25) is 0 Å². The molecule has 1 rings (SSSR count). The third-order valence-electron chi connectivity index (χ3n) is 2.70.